The molecule has 2 aromatic rings. The largest absolute Gasteiger partial charge is 0.306 e. The monoisotopic (exact) mass is 289 g/mol. The second-order valence-corrected chi connectivity index (χ2v) is 5.71. The molecule has 0 radical (unpaired) electrons. The Morgan fingerprint density at radius 1 is 1.10 bits per heavy atom. The van der Waals surface area contributed by atoms with Crippen LogP contribution in [0.5, 0.6) is 0 Å². The molecule has 1 aromatic carbocycles. The van der Waals surface area contributed by atoms with Gasteiger partial charge in [-0.15, -0.1) is 11.6 Å². The Morgan fingerprint density at radius 2 is 1.80 bits per heavy atom. The average Bonchev–Trinajstić information content (AvgIpc) is 2.41. The van der Waals surface area contributed by atoms with Crippen LogP contribution in [0.3, 0.4) is 0 Å². The van der Waals surface area contributed by atoms with Crippen LogP contribution >= 0.6 is 11.6 Å². The summed E-state index contributed by atoms with van der Waals surface area (Å²) in [4.78, 5) is 12.5. The number of aryl methyl sites for hydroxylation is 2. The molecule has 106 valence electrons. The van der Waals surface area contributed by atoms with Gasteiger partial charge in [-0.3, -0.25) is 4.79 Å². The van der Waals surface area contributed by atoms with Gasteiger partial charge in [-0.1, -0.05) is 18.2 Å². The van der Waals surface area contributed by atoms with Crippen LogP contribution in [-0.4, -0.2) is 4.57 Å². The Hall–Kier alpha value is -1.54. The van der Waals surface area contributed by atoms with Gasteiger partial charge in [0.2, 0.25) is 0 Å². The Labute approximate surface area is 125 Å². The van der Waals surface area contributed by atoms with Gasteiger partial charge in [0.05, 0.1) is 11.6 Å². The second-order valence-electron chi connectivity index (χ2n) is 5.45. The van der Waals surface area contributed by atoms with Gasteiger partial charge in [-0.05, 0) is 56.5 Å². The van der Waals surface area contributed by atoms with Crippen LogP contribution in [0.4, 0.5) is 0 Å². The third-order valence-corrected chi connectivity index (χ3v) is 3.95. The smallest absolute Gasteiger partial charge is 0.255 e. The molecule has 0 aliphatic carbocycles. The van der Waals surface area contributed by atoms with Crippen LogP contribution < -0.4 is 5.56 Å². The minimum Gasteiger partial charge on any atom is -0.306 e. The number of hydrogen-bond donors (Lipinski definition) is 0. The van der Waals surface area contributed by atoms with Gasteiger partial charge in [0, 0.05) is 11.6 Å². The van der Waals surface area contributed by atoms with Gasteiger partial charge in [0.1, 0.15) is 0 Å². The lowest BCUT2D eigenvalue weighted by molar-refractivity contribution is 0.581. The summed E-state index contributed by atoms with van der Waals surface area (Å²) < 4.78 is 1.82. The van der Waals surface area contributed by atoms with Gasteiger partial charge < -0.3 is 4.57 Å². The average molecular weight is 290 g/mol. The van der Waals surface area contributed by atoms with Crippen molar-refractivity contribution < 1.29 is 0 Å². The highest BCUT2D eigenvalue weighted by Crippen LogP contribution is 2.24. The van der Waals surface area contributed by atoms with Crippen molar-refractivity contribution in [2.45, 2.75) is 39.6 Å². The predicted octanol–water partition coefficient (Wildman–Crippen LogP) is 4.45. The molecule has 0 saturated carbocycles. The molecule has 0 atom stereocenters. The van der Waals surface area contributed by atoms with E-state index in [4.69, 9.17) is 11.6 Å². The highest BCUT2D eigenvalue weighted by atomic mass is 35.5. The molecule has 2 nitrogen and oxygen atoms in total. The molecule has 0 aliphatic rings. The fraction of sp³-hybridized carbons (Fsp3) is 0.353. The molecule has 1 heterocycles. The zero-order chi connectivity index (χ0) is 14.9. The summed E-state index contributed by atoms with van der Waals surface area (Å²) in [5.41, 5.74) is 5.15. The summed E-state index contributed by atoms with van der Waals surface area (Å²) in [6, 6.07) is 10.2. The van der Waals surface area contributed by atoms with Crippen LogP contribution in [0.1, 0.15) is 36.6 Å². The van der Waals surface area contributed by atoms with E-state index >= 15 is 0 Å². The first-order chi connectivity index (χ1) is 9.45. The van der Waals surface area contributed by atoms with Crippen molar-refractivity contribution in [3.63, 3.8) is 0 Å². The standard InChI is InChI=1S/C17H20ClNO/c1-11(2)19-16(8-7-15(10-18)17(19)20)14-6-5-12(3)13(4)9-14/h5-9,11H,10H2,1-4H3. The summed E-state index contributed by atoms with van der Waals surface area (Å²) in [5.74, 6) is 0.249. The third kappa shape index (κ3) is 2.66. The SMILES string of the molecule is Cc1ccc(-c2ccc(CCl)c(=O)n2C(C)C)cc1C. The molecular weight excluding hydrogens is 270 g/mol. The number of aromatic nitrogens is 1. The summed E-state index contributed by atoms with van der Waals surface area (Å²) in [6.07, 6.45) is 0. The molecule has 0 aliphatic heterocycles. The van der Waals surface area contributed by atoms with Gasteiger partial charge in [-0.2, -0.15) is 0 Å². The first-order valence-electron chi connectivity index (χ1n) is 6.83. The molecule has 0 spiro atoms. The van der Waals surface area contributed by atoms with Crippen LogP contribution in [0, 0.1) is 13.8 Å². The van der Waals surface area contributed by atoms with Gasteiger partial charge in [0.25, 0.3) is 5.56 Å². The van der Waals surface area contributed by atoms with E-state index in [1.807, 2.05) is 30.5 Å². The highest BCUT2D eigenvalue weighted by Gasteiger charge is 2.13. The first-order valence-corrected chi connectivity index (χ1v) is 7.37. The van der Waals surface area contributed by atoms with E-state index in [-0.39, 0.29) is 17.5 Å². The molecular formula is C17H20ClNO. The quantitative estimate of drug-likeness (QED) is 0.765. The van der Waals surface area contributed by atoms with Gasteiger partial charge in [0.15, 0.2) is 0 Å². The van der Waals surface area contributed by atoms with Crippen molar-refractivity contribution in [3.05, 3.63) is 57.4 Å². The summed E-state index contributed by atoms with van der Waals surface area (Å²) >= 11 is 5.84. The van der Waals surface area contributed by atoms with Crippen molar-refractivity contribution >= 4 is 11.6 Å². The summed E-state index contributed by atoms with van der Waals surface area (Å²) in [5, 5.41) is 0. The minimum atomic E-state index is 0.00530. The number of halogens is 1. The maximum absolute atomic E-state index is 12.5. The second kappa shape index (κ2) is 5.84. The molecule has 0 N–H and O–H groups in total. The first kappa shape index (κ1) is 14.9. The van der Waals surface area contributed by atoms with E-state index in [1.165, 1.54) is 11.1 Å². The predicted molar refractivity (Wildman–Crippen MR) is 85.6 cm³/mol. The Balaban J connectivity index is 2.70. The van der Waals surface area contributed by atoms with E-state index in [0.29, 0.717) is 5.56 Å². The fourth-order valence-corrected chi connectivity index (χ4v) is 2.55. The lowest BCUT2D eigenvalue weighted by atomic mass is 10.0. The molecule has 0 amide bonds. The maximum atomic E-state index is 12.5. The van der Waals surface area contributed by atoms with E-state index < -0.39 is 0 Å². The number of nitrogens with zero attached hydrogens (tertiary/aromatic N) is 1. The van der Waals surface area contributed by atoms with Crippen LogP contribution in [0.15, 0.2) is 35.1 Å². The zero-order valence-electron chi connectivity index (χ0n) is 12.4. The van der Waals surface area contributed by atoms with Crippen LogP contribution in [0.2, 0.25) is 0 Å². The summed E-state index contributed by atoms with van der Waals surface area (Å²) in [7, 11) is 0. The van der Waals surface area contributed by atoms with Crippen molar-refractivity contribution in [3.8, 4) is 11.3 Å². The molecule has 0 unspecified atom stereocenters. The number of alkyl halides is 1. The maximum Gasteiger partial charge on any atom is 0.255 e. The van der Waals surface area contributed by atoms with E-state index in [1.54, 1.807) is 0 Å². The van der Waals surface area contributed by atoms with E-state index in [2.05, 4.69) is 32.0 Å². The summed E-state index contributed by atoms with van der Waals surface area (Å²) in [6.45, 7) is 8.21. The third-order valence-electron chi connectivity index (χ3n) is 3.66. The van der Waals surface area contributed by atoms with Crippen LogP contribution in [0.25, 0.3) is 11.3 Å². The molecule has 20 heavy (non-hydrogen) atoms. The highest BCUT2D eigenvalue weighted by molar-refractivity contribution is 6.17. The molecule has 0 fully saturated rings. The Morgan fingerprint density at radius 3 is 2.35 bits per heavy atom. The van der Waals surface area contributed by atoms with Crippen molar-refractivity contribution in [2.75, 3.05) is 0 Å². The normalized spacial score (nSPS) is 11.1. The van der Waals surface area contributed by atoms with E-state index in [9.17, 15) is 4.79 Å². The van der Waals surface area contributed by atoms with E-state index in [0.717, 1.165) is 11.3 Å². The Bertz CT molecular complexity index is 686. The molecule has 2 rings (SSSR count). The number of benzene rings is 1. The zero-order valence-corrected chi connectivity index (χ0v) is 13.2. The molecule has 0 bridgehead atoms. The molecule has 3 heteroatoms. The van der Waals surface area contributed by atoms with Gasteiger partial charge >= 0.3 is 0 Å². The fourth-order valence-electron chi connectivity index (χ4n) is 2.35. The molecule has 1 aromatic heterocycles. The lowest BCUT2D eigenvalue weighted by Crippen LogP contribution is -2.26. The topological polar surface area (TPSA) is 22.0 Å². The van der Waals surface area contributed by atoms with Crippen molar-refractivity contribution in [2.24, 2.45) is 0 Å². The van der Waals surface area contributed by atoms with Crippen molar-refractivity contribution in [1.82, 2.24) is 4.57 Å². The number of hydrogen-bond acceptors (Lipinski definition) is 1. The van der Waals surface area contributed by atoms with Crippen molar-refractivity contribution in [1.29, 1.82) is 0 Å². The molecule has 0 saturated heterocycles. The number of pyridine rings is 1. The van der Waals surface area contributed by atoms with Crippen LogP contribution in [-0.2, 0) is 5.88 Å². The lowest BCUT2D eigenvalue weighted by Gasteiger charge is -2.18. The van der Waals surface area contributed by atoms with Gasteiger partial charge in [-0.25, -0.2) is 0 Å². The minimum absolute atomic E-state index is 0.00530. The number of rotatable bonds is 3. The Kier molecular flexibility index (Phi) is 4.34.